The van der Waals surface area contributed by atoms with Crippen molar-refractivity contribution in [2.24, 2.45) is 32.9 Å². The molecule has 2 aliphatic heterocycles. The minimum atomic E-state index is -0.305. The molecule has 2 heterocycles. The molecule has 0 amide bonds. The molecule has 7 rings (SSSR count). The van der Waals surface area contributed by atoms with Crippen LogP contribution in [-0.4, -0.2) is 34.3 Å². The van der Waals surface area contributed by atoms with Crippen LogP contribution in [0.15, 0.2) is 40.5 Å². The number of aliphatic hydroxyl groups is 1. The lowest BCUT2D eigenvalue weighted by atomic mass is 9.41. The van der Waals surface area contributed by atoms with Crippen molar-refractivity contribution in [1.82, 2.24) is 0 Å². The highest BCUT2D eigenvalue weighted by atomic mass is 17.2. The molecule has 5 nitrogen and oxygen atoms in total. The van der Waals surface area contributed by atoms with Gasteiger partial charge >= 0.3 is 0 Å². The van der Waals surface area contributed by atoms with Crippen molar-refractivity contribution in [2.75, 3.05) is 0 Å². The minimum Gasteiger partial charge on any atom is -0.393 e. The predicted molar refractivity (Wildman–Crippen MR) is 120 cm³/mol. The van der Waals surface area contributed by atoms with E-state index in [9.17, 15) is 5.11 Å². The maximum absolute atomic E-state index is 10.4. The summed E-state index contributed by atoms with van der Waals surface area (Å²) in [7, 11) is 0. The van der Waals surface area contributed by atoms with Crippen molar-refractivity contribution >= 4 is 11.9 Å². The third-order valence-corrected chi connectivity index (χ3v) is 10.1. The number of fused-ring (bicyclic) bond motifs is 3. The van der Waals surface area contributed by atoms with Gasteiger partial charge in [0.25, 0.3) is 0 Å². The van der Waals surface area contributed by atoms with E-state index in [-0.39, 0.29) is 28.1 Å². The maximum Gasteiger partial charge on any atom is 0.112 e. The molecule has 2 spiro atoms. The van der Waals surface area contributed by atoms with Crippen LogP contribution in [-0.2, 0) is 9.78 Å². The van der Waals surface area contributed by atoms with Crippen LogP contribution >= 0.6 is 0 Å². The van der Waals surface area contributed by atoms with E-state index in [1.54, 1.807) is 0 Å². The van der Waals surface area contributed by atoms with Gasteiger partial charge in [-0.3, -0.25) is 0 Å². The lowest BCUT2D eigenvalue weighted by Crippen LogP contribution is -2.75. The lowest BCUT2D eigenvalue weighted by Gasteiger charge is -2.71. The van der Waals surface area contributed by atoms with Crippen molar-refractivity contribution in [3.05, 3.63) is 35.9 Å². The summed E-state index contributed by atoms with van der Waals surface area (Å²) < 4.78 is 0. The summed E-state index contributed by atoms with van der Waals surface area (Å²) in [5.74, 6) is 0.923. The first kappa shape index (κ1) is 20.1. The molecule has 2 bridgehead atoms. The highest BCUT2D eigenvalue weighted by molar-refractivity contribution is 5.93. The largest absolute Gasteiger partial charge is 0.393 e. The zero-order valence-electron chi connectivity index (χ0n) is 18.7. The Morgan fingerprint density at radius 3 is 2.58 bits per heavy atom. The molecule has 0 unspecified atom stereocenters. The molecule has 31 heavy (non-hydrogen) atoms. The van der Waals surface area contributed by atoms with E-state index in [1.807, 2.05) is 24.4 Å². The van der Waals surface area contributed by atoms with E-state index in [0.29, 0.717) is 11.8 Å². The van der Waals surface area contributed by atoms with Gasteiger partial charge in [0.2, 0.25) is 0 Å². The van der Waals surface area contributed by atoms with Gasteiger partial charge in [0.15, 0.2) is 0 Å². The van der Waals surface area contributed by atoms with Gasteiger partial charge < -0.3 is 5.11 Å². The molecule has 1 aromatic rings. The fourth-order valence-corrected chi connectivity index (χ4v) is 8.37. The molecular weight excluding hydrogens is 388 g/mol. The molecule has 1 N–H and O–H groups in total. The maximum atomic E-state index is 10.4. The van der Waals surface area contributed by atoms with E-state index in [2.05, 4.69) is 31.1 Å². The number of hydrogen-bond donors (Lipinski definition) is 1. The number of benzene rings is 1. The van der Waals surface area contributed by atoms with Gasteiger partial charge in [0.1, 0.15) is 11.2 Å². The second-order valence-electron chi connectivity index (χ2n) is 11.2. The van der Waals surface area contributed by atoms with Gasteiger partial charge in [-0.25, -0.2) is 9.78 Å². The molecule has 1 aromatic carbocycles. The second kappa shape index (κ2) is 6.72. The van der Waals surface area contributed by atoms with Crippen LogP contribution in [0, 0.1) is 22.7 Å². The normalized spacial score (nSPS) is 49.8. The monoisotopic (exact) mass is 422 g/mol. The zero-order valence-corrected chi connectivity index (χ0v) is 18.7. The quantitative estimate of drug-likeness (QED) is 0.411. The van der Waals surface area contributed by atoms with Gasteiger partial charge in [-0.1, -0.05) is 44.2 Å². The smallest absolute Gasteiger partial charge is 0.112 e. The highest BCUT2D eigenvalue weighted by Gasteiger charge is 2.75. The van der Waals surface area contributed by atoms with E-state index < -0.39 is 0 Å². The first-order valence-electron chi connectivity index (χ1n) is 12.1. The molecule has 4 saturated carbocycles. The van der Waals surface area contributed by atoms with Crippen LogP contribution in [0.3, 0.4) is 0 Å². The van der Waals surface area contributed by atoms with Crippen LogP contribution in [0.4, 0.5) is 0 Å². The molecule has 6 fully saturated rings. The molecule has 166 valence electrons. The topological polar surface area (TPSA) is 63.4 Å². The van der Waals surface area contributed by atoms with E-state index in [1.165, 1.54) is 5.71 Å². The van der Waals surface area contributed by atoms with Crippen LogP contribution < -0.4 is 0 Å². The van der Waals surface area contributed by atoms with Gasteiger partial charge in [0, 0.05) is 28.9 Å². The van der Waals surface area contributed by atoms with E-state index in [0.717, 1.165) is 63.4 Å². The number of aliphatic hydroxyl groups excluding tert-OH is 1. The molecule has 4 aliphatic carbocycles. The zero-order chi connectivity index (χ0) is 21.3. The molecule has 0 radical (unpaired) electrons. The van der Waals surface area contributed by atoms with Crippen LogP contribution in [0.25, 0.3) is 0 Å². The summed E-state index contributed by atoms with van der Waals surface area (Å²) in [6.07, 6.45) is 10.7. The van der Waals surface area contributed by atoms with E-state index in [4.69, 9.17) is 14.9 Å². The Kier molecular flexibility index (Phi) is 4.35. The van der Waals surface area contributed by atoms with Crippen molar-refractivity contribution in [2.45, 2.75) is 88.9 Å². The summed E-state index contributed by atoms with van der Waals surface area (Å²) in [6, 6.07) is 10.2. The van der Waals surface area contributed by atoms with Crippen LogP contribution in [0.5, 0.6) is 0 Å². The lowest BCUT2D eigenvalue weighted by molar-refractivity contribution is -0.535. The van der Waals surface area contributed by atoms with Crippen molar-refractivity contribution in [1.29, 1.82) is 0 Å². The Balaban J connectivity index is 1.31. The Morgan fingerprint density at radius 1 is 0.968 bits per heavy atom. The van der Waals surface area contributed by atoms with Gasteiger partial charge in [-0.2, -0.15) is 10.2 Å². The predicted octanol–water partition coefficient (Wildman–Crippen LogP) is 5.07. The fourth-order valence-electron chi connectivity index (χ4n) is 8.37. The van der Waals surface area contributed by atoms with Gasteiger partial charge in [-0.05, 0) is 62.8 Å². The first-order chi connectivity index (χ1) is 14.9. The average Bonchev–Trinajstić information content (AvgIpc) is 3.12. The van der Waals surface area contributed by atoms with Crippen molar-refractivity contribution in [3.63, 3.8) is 0 Å². The number of rotatable bonds is 2. The summed E-state index contributed by atoms with van der Waals surface area (Å²) in [4.78, 5) is 12.7. The molecule has 0 aromatic heterocycles. The van der Waals surface area contributed by atoms with E-state index >= 15 is 0 Å². The van der Waals surface area contributed by atoms with Crippen molar-refractivity contribution < 1.29 is 14.9 Å². The molecule has 2 saturated heterocycles. The Hall–Kier alpha value is -1.56. The third-order valence-electron chi connectivity index (χ3n) is 10.1. The molecular formula is C26H34N2O3. The third kappa shape index (κ3) is 2.60. The van der Waals surface area contributed by atoms with Gasteiger partial charge in [-0.15, -0.1) is 0 Å². The van der Waals surface area contributed by atoms with Crippen LogP contribution in [0.2, 0.25) is 0 Å². The first-order valence-corrected chi connectivity index (χ1v) is 12.1. The van der Waals surface area contributed by atoms with Gasteiger partial charge in [0.05, 0.1) is 12.3 Å². The number of nitrogens with zero attached hydrogens (tertiary/aromatic N) is 2. The minimum absolute atomic E-state index is 0.0236. The Morgan fingerprint density at radius 2 is 1.81 bits per heavy atom. The second-order valence-corrected chi connectivity index (χ2v) is 11.2. The molecule has 7 atom stereocenters. The summed E-state index contributed by atoms with van der Waals surface area (Å²) in [5, 5.41) is 19.6. The average molecular weight is 423 g/mol. The van der Waals surface area contributed by atoms with Crippen molar-refractivity contribution in [3.8, 4) is 0 Å². The molecule has 5 heteroatoms. The fraction of sp³-hybridized carbons (Fsp3) is 0.692. The summed E-state index contributed by atoms with van der Waals surface area (Å²) in [5.41, 5.74) is 1.90. The van der Waals surface area contributed by atoms with Crippen LogP contribution in [0.1, 0.15) is 77.2 Å². The Labute approximate surface area is 184 Å². The Bertz CT molecular complexity index is 920. The molecule has 6 aliphatic rings. The highest BCUT2D eigenvalue weighted by Crippen LogP contribution is 2.73. The summed E-state index contributed by atoms with van der Waals surface area (Å²) in [6.45, 7) is 4.82. The standard InChI is InChI=1S/C26H34N2O3/c1-23-12-11-21-24(2)13-10-19(29)16-25(24)14-15-26(21,31-30-25)20(23)8-9-22(23)28-27-17-18-6-4-3-5-7-18/h3-7,17,19-21,29H,8-16H2,1-2H3/b27-17+,28-22-/t19-,20+,21+,23-,24+,25+,26-/m0/s1. The summed E-state index contributed by atoms with van der Waals surface area (Å²) >= 11 is 0. The SMILES string of the molecule is C[C@]12CC[C@H]3[C@]4(CC[C@]5(C[C@@H](O)CC[C@]35C)OO4)[C@@H]1CC/C2=N/N=C/c1ccccc1. The number of hydrogen-bond acceptors (Lipinski definition) is 5.